The normalized spacial score (nSPS) is 13.8. The molecule has 1 N–H and O–H groups in total. The largest absolute Gasteiger partial charge is 0.323 e. The molecule has 2 heterocycles. The number of anilines is 2. The van der Waals surface area contributed by atoms with Gasteiger partial charge in [0.25, 0.3) is 5.91 Å². The minimum atomic E-state index is -0.257. The Morgan fingerprint density at radius 2 is 2.14 bits per heavy atom. The van der Waals surface area contributed by atoms with Gasteiger partial charge < -0.3 is 5.32 Å². The second-order valence-corrected chi connectivity index (χ2v) is 4.94. The second-order valence-electron chi connectivity index (χ2n) is 4.94. The van der Waals surface area contributed by atoms with Crippen LogP contribution in [0.1, 0.15) is 23.1 Å². The van der Waals surface area contributed by atoms with Gasteiger partial charge in [0, 0.05) is 12.2 Å². The number of nitrogens with one attached hydrogen (secondary N) is 1. The van der Waals surface area contributed by atoms with E-state index in [1.165, 1.54) is 4.90 Å². The predicted molar refractivity (Wildman–Crippen MR) is 79.4 cm³/mol. The number of para-hydroxylation sites is 2. The number of benzene rings is 1. The molecule has 0 bridgehead atoms. The lowest BCUT2D eigenvalue weighted by molar-refractivity contribution is -0.115. The summed E-state index contributed by atoms with van der Waals surface area (Å²) >= 11 is 0. The van der Waals surface area contributed by atoms with Gasteiger partial charge >= 0.3 is 0 Å². The lowest BCUT2D eigenvalue weighted by atomic mass is 10.2. The van der Waals surface area contributed by atoms with E-state index in [4.69, 9.17) is 0 Å². The maximum absolute atomic E-state index is 12.7. The summed E-state index contributed by atoms with van der Waals surface area (Å²) in [5.74, 6) is -0.457. The first-order valence-corrected chi connectivity index (χ1v) is 6.85. The Kier molecular flexibility index (Phi) is 3.21. The SMILES string of the molecule is CCn1nc(C(=O)N2CC(=O)Nc3ccccc32)cc1C. The maximum Gasteiger partial charge on any atom is 0.279 e. The molecular formula is C15H16N4O2. The topological polar surface area (TPSA) is 67.2 Å². The molecule has 0 fully saturated rings. The molecular weight excluding hydrogens is 268 g/mol. The maximum atomic E-state index is 12.7. The quantitative estimate of drug-likeness (QED) is 0.914. The van der Waals surface area contributed by atoms with Crippen molar-refractivity contribution in [1.29, 1.82) is 0 Å². The highest BCUT2D eigenvalue weighted by atomic mass is 16.2. The first kappa shape index (κ1) is 13.4. The van der Waals surface area contributed by atoms with Gasteiger partial charge in [0.05, 0.1) is 11.4 Å². The van der Waals surface area contributed by atoms with Crippen LogP contribution in [0.4, 0.5) is 11.4 Å². The van der Waals surface area contributed by atoms with Crippen molar-refractivity contribution in [3.63, 3.8) is 0 Å². The summed E-state index contributed by atoms with van der Waals surface area (Å²) in [7, 11) is 0. The van der Waals surface area contributed by atoms with Gasteiger partial charge in [0.15, 0.2) is 5.69 Å². The van der Waals surface area contributed by atoms with E-state index in [0.717, 1.165) is 5.69 Å². The average molecular weight is 284 g/mol. The first-order chi connectivity index (χ1) is 10.1. The molecule has 6 nitrogen and oxygen atoms in total. The minimum Gasteiger partial charge on any atom is -0.323 e. The third-order valence-corrected chi connectivity index (χ3v) is 3.52. The number of aryl methyl sites for hydroxylation is 2. The van der Waals surface area contributed by atoms with Gasteiger partial charge in [-0.15, -0.1) is 0 Å². The Morgan fingerprint density at radius 1 is 1.38 bits per heavy atom. The van der Waals surface area contributed by atoms with Crippen LogP contribution in [0, 0.1) is 6.92 Å². The van der Waals surface area contributed by atoms with Gasteiger partial charge in [-0.05, 0) is 32.0 Å². The monoisotopic (exact) mass is 284 g/mol. The summed E-state index contributed by atoms with van der Waals surface area (Å²) in [5.41, 5.74) is 2.63. The smallest absolute Gasteiger partial charge is 0.279 e. The van der Waals surface area contributed by atoms with E-state index in [1.807, 2.05) is 32.0 Å². The summed E-state index contributed by atoms with van der Waals surface area (Å²) in [4.78, 5) is 25.9. The van der Waals surface area contributed by atoms with Crippen LogP contribution in [0.15, 0.2) is 30.3 Å². The van der Waals surface area contributed by atoms with Crippen LogP contribution < -0.4 is 10.2 Å². The number of hydrogen-bond acceptors (Lipinski definition) is 3. The number of amides is 2. The second kappa shape index (κ2) is 5.05. The van der Waals surface area contributed by atoms with Crippen LogP contribution in [0.2, 0.25) is 0 Å². The zero-order valence-corrected chi connectivity index (χ0v) is 12.0. The molecule has 0 aliphatic carbocycles. The van der Waals surface area contributed by atoms with Gasteiger partial charge in [-0.1, -0.05) is 12.1 Å². The molecule has 108 valence electrons. The molecule has 0 saturated carbocycles. The van der Waals surface area contributed by atoms with Crippen LogP contribution >= 0.6 is 0 Å². The summed E-state index contributed by atoms with van der Waals surface area (Å²) in [6.07, 6.45) is 0. The Labute approximate surface area is 122 Å². The van der Waals surface area contributed by atoms with Gasteiger partial charge in [-0.3, -0.25) is 19.2 Å². The Bertz CT molecular complexity index is 720. The minimum absolute atomic E-state index is 0.00782. The zero-order valence-electron chi connectivity index (χ0n) is 12.0. The van der Waals surface area contributed by atoms with E-state index in [2.05, 4.69) is 10.4 Å². The van der Waals surface area contributed by atoms with Crippen molar-refractivity contribution in [3.05, 3.63) is 41.7 Å². The summed E-state index contributed by atoms with van der Waals surface area (Å²) < 4.78 is 1.77. The molecule has 0 atom stereocenters. The molecule has 3 rings (SSSR count). The number of aromatic nitrogens is 2. The molecule has 1 aromatic carbocycles. The fourth-order valence-corrected chi connectivity index (χ4v) is 2.49. The van der Waals surface area contributed by atoms with Gasteiger partial charge in [-0.25, -0.2) is 0 Å². The molecule has 2 amide bonds. The standard InChI is InChI=1S/C15H16N4O2/c1-3-19-10(2)8-12(17-19)15(21)18-9-14(20)16-11-6-4-5-7-13(11)18/h4-8H,3,9H2,1-2H3,(H,16,20). The molecule has 0 unspecified atom stereocenters. The predicted octanol–water partition coefficient (Wildman–Crippen LogP) is 1.81. The van der Waals surface area contributed by atoms with E-state index in [-0.39, 0.29) is 18.4 Å². The third-order valence-electron chi connectivity index (χ3n) is 3.52. The van der Waals surface area contributed by atoms with Crippen LogP contribution in [-0.2, 0) is 11.3 Å². The van der Waals surface area contributed by atoms with Crippen molar-refractivity contribution in [2.24, 2.45) is 0 Å². The highest BCUT2D eigenvalue weighted by Gasteiger charge is 2.28. The number of carbonyl (C=O) groups is 2. The van der Waals surface area contributed by atoms with E-state index < -0.39 is 0 Å². The van der Waals surface area contributed by atoms with Crippen molar-refractivity contribution in [3.8, 4) is 0 Å². The summed E-state index contributed by atoms with van der Waals surface area (Å²) in [5, 5.41) is 7.06. The summed E-state index contributed by atoms with van der Waals surface area (Å²) in [6.45, 7) is 4.59. The molecule has 1 aliphatic rings. The number of rotatable bonds is 2. The molecule has 0 saturated heterocycles. The Balaban J connectivity index is 1.99. The van der Waals surface area contributed by atoms with Crippen LogP contribution in [0.25, 0.3) is 0 Å². The highest BCUT2D eigenvalue weighted by molar-refractivity contribution is 6.14. The fraction of sp³-hybridized carbons (Fsp3) is 0.267. The Morgan fingerprint density at radius 3 is 2.86 bits per heavy atom. The molecule has 6 heteroatoms. The lowest BCUT2D eigenvalue weighted by Gasteiger charge is -2.28. The van der Waals surface area contributed by atoms with Gasteiger partial charge in [-0.2, -0.15) is 5.10 Å². The van der Waals surface area contributed by atoms with Gasteiger partial charge in [0.1, 0.15) is 6.54 Å². The van der Waals surface area contributed by atoms with E-state index in [1.54, 1.807) is 16.8 Å². The van der Waals surface area contributed by atoms with Crippen molar-refractivity contribution in [2.45, 2.75) is 20.4 Å². The molecule has 0 spiro atoms. The van der Waals surface area contributed by atoms with E-state index in [9.17, 15) is 9.59 Å². The van der Waals surface area contributed by atoms with Crippen LogP contribution in [-0.4, -0.2) is 28.1 Å². The highest BCUT2D eigenvalue weighted by Crippen LogP contribution is 2.29. The van der Waals surface area contributed by atoms with Crippen molar-refractivity contribution >= 4 is 23.2 Å². The first-order valence-electron chi connectivity index (χ1n) is 6.85. The number of carbonyl (C=O) groups excluding carboxylic acids is 2. The lowest BCUT2D eigenvalue weighted by Crippen LogP contribution is -2.42. The number of nitrogens with zero attached hydrogens (tertiary/aromatic N) is 3. The van der Waals surface area contributed by atoms with E-state index >= 15 is 0 Å². The molecule has 1 aromatic heterocycles. The van der Waals surface area contributed by atoms with Crippen molar-refractivity contribution < 1.29 is 9.59 Å². The van der Waals surface area contributed by atoms with E-state index in [0.29, 0.717) is 23.6 Å². The third kappa shape index (κ3) is 2.29. The summed E-state index contributed by atoms with van der Waals surface area (Å²) in [6, 6.07) is 9.01. The average Bonchev–Trinajstić information content (AvgIpc) is 2.86. The molecule has 2 aromatic rings. The molecule has 1 aliphatic heterocycles. The van der Waals surface area contributed by atoms with Crippen LogP contribution in [0.3, 0.4) is 0 Å². The molecule has 0 radical (unpaired) electrons. The number of fused-ring (bicyclic) bond motifs is 1. The molecule has 21 heavy (non-hydrogen) atoms. The van der Waals surface area contributed by atoms with Crippen molar-refractivity contribution in [2.75, 3.05) is 16.8 Å². The van der Waals surface area contributed by atoms with Crippen LogP contribution in [0.5, 0.6) is 0 Å². The fourth-order valence-electron chi connectivity index (χ4n) is 2.49. The zero-order chi connectivity index (χ0) is 15.0. The number of hydrogen-bond donors (Lipinski definition) is 1. The van der Waals surface area contributed by atoms with Crippen molar-refractivity contribution in [1.82, 2.24) is 9.78 Å². The Hall–Kier alpha value is -2.63. The van der Waals surface area contributed by atoms with Gasteiger partial charge in [0.2, 0.25) is 5.91 Å².